The molecule has 0 radical (unpaired) electrons. The molecule has 0 fully saturated rings. The fourth-order valence-electron chi connectivity index (χ4n) is 2.57. The van der Waals surface area contributed by atoms with Crippen molar-refractivity contribution in [1.29, 1.82) is 0 Å². The number of hydrogen-bond acceptors (Lipinski definition) is 3. The molecular weight excluding hydrogens is 328 g/mol. The molecule has 0 unspecified atom stereocenters. The average molecular weight is 348 g/mol. The van der Waals surface area contributed by atoms with E-state index in [1.165, 1.54) is 12.3 Å². The monoisotopic (exact) mass is 348 g/mol. The summed E-state index contributed by atoms with van der Waals surface area (Å²) in [6.45, 7) is 1.40. The second kappa shape index (κ2) is 8.78. The van der Waals surface area contributed by atoms with E-state index in [0.717, 1.165) is 16.7 Å². The predicted molar refractivity (Wildman–Crippen MR) is 97.9 cm³/mol. The van der Waals surface area contributed by atoms with Crippen LogP contribution in [0.5, 0.6) is 0 Å². The minimum absolute atomic E-state index is 0.0786. The summed E-state index contributed by atoms with van der Waals surface area (Å²) in [6, 6.07) is 22.6. The highest BCUT2D eigenvalue weighted by atomic mass is 16.5. The number of hydrogen-bond donors (Lipinski definition) is 1. The van der Waals surface area contributed by atoms with Crippen LogP contribution >= 0.6 is 0 Å². The topological polar surface area (TPSA) is 65.3 Å². The SMILES string of the molecule is O=C(NCc1cccc(COCc2ccccc2)c1)c1cccc[n+]1[O-]. The highest BCUT2D eigenvalue weighted by Crippen LogP contribution is 2.09. The molecule has 1 aromatic heterocycles. The standard InChI is InChI=1S/C21H20N2O3/c24-21(20-11-4-5-12-23(20)25)22-14-18-9-6-10-19(13-18)16-26-15-17-7-2-1-3-8-17/h1-13H,14-16H2,(H,22,24). The summed E-state index contributed by atoms with van der Waals surface area (Å²) in [7, 11) is 0. The number of amides is 1. The van der Waals surface area contributed by atoms with Gasteiger partial charge in [-0.1, -0.05) is 54.6 Å². The summed E-state index contributed by atoms with van der Waals surface area (Å²) >= 11 is 0. The van der Waals surface area contributed by atoms with Gasteiger partial charge >= 0.3 is 5.91 Å². The van der Waals surface area contributed by atoms with E-state index in [4.69, 9.17) is 4.74 Å². The summed E-state index contributed by atoms with van der Waals surface area (Å²) in [6.07, 6.45) is 1.31. The van der Waals surface area contributed by atoms with Crippen molar-refractivity contribution < 1.29 is 14.3 Å². The molecule has 3 rings (SSSR count). The van der Waals surface area contributed by atoms with Gasteiger partial charge in [0.25, 0.3) is 5.69 Å². The van der Waals surface area contributed by atoms with Gasteiger partial charge in [-0.2, -0.15) is 4.73 Å². The van der Waals surface area contributed by atoms with Crippen molar-refractivity contribution in [3.8, 4) is 0 Å². The summed E-state index contributed by atoms with van der Waals surface area (Å²) in [5.41, 5.74) is 3.19. The maximum atomic E-state index is 12.1. The average Bonchev–Trinajstić information content (AvgIpc) is 2.68. The quantitative estimate of drug-likeness (QED) is 0.527. The van der Waals surface area contributed by atoms with Gasteiger partial charge in [-0.05, 0) is 22.8 Å². The lowest BCUT2D eigenvalue weighted by atomic mass is 10.1. The first-order chi connectivity index (χ1) is 12.7. The lowest BCUT2D eigenvalue weighted by Gasteiger charge is -2.08. The van der Waals surface area contributed by atoms with E-state index in [2.05, 4.69) is 5.32 Å². The zero-order chi connectivity index (χ0) is 18.2. The summed E-state index contributed by atoms with van der Waals surface area (Å²) < 4.78 is 6.30. The number of aromatic nitrogens is 1. The lowest BCUT2D eigenvalue weighted by molar-refractivity contribution is -0.607. The maximum Gasteiger partial charge on any atom is 0.317 e. The molecule has 0 bridgehead atoms. The molecule has 1 N–H and O–H groups in total. The minimum Gasteiger partial charge on any atom is -0.618 e. The van der Waals surface area contributed by atoms with Crippen LogP contribution in [-0.4, -0.2) is 5.91 Å². The lowest BCUT2D eigenvalue weighted by Crippen LogP contribution is -2.38. The molecule has 0 aliphatic heterocycles. The van der Waals surface area contributed by atoms with Crippen molar-refractivity contribution >= 4 is 5.91 Å². The van der Waals surface area contributed by atoms with Gasteiger partial charge in [0.2, 0.25) is 0 Å². The van der Waals surface area contributed by atoms with Crippen molar-refractivity contribution in [2.24, 2.45) is 0 Å². The Kier molecular flexibility index (Phi) is 5.96. The van der Waals surface area contributed by atoms with Gasteiger partial charge in [-0.3, -0.25) is 4.79 Å². The Labute approximate surface area is 152 Å². The Balaban J connectivity index is 1.52. The molecule has 1 amide bonds. The minimum atomic E-state index is -0.397. The number of carbonyl (C=O) groups is 1. The van der Waals surface area contributed by atoms with Crippen LogP contribution in [0.1, 0.15) is 27.2 Å². The van der Waals surface area contributed by atoms with Crippen LogP contribution in [0.4, 0.5) is 0 Å². The van der Waals surface area contributed by atoms with Crippen molar-refractivity contribution in [2.75, 3.05) is 0 Å². The van der Waals surface area contributed by atoms with Crippen molar-refractivity contribution in [1.82, 2.24) is 5.32 Å². The number of rotatable bonds is 7. The van der Waals surface area contributed by atoms with E-state index < -0.39 is 5.91 Å². The van der Waals surface area contributed by atoms with Crippen LogP contribution in [0.3, 0.4) is 0 Å². The smallest absolute Gasteiger partial charge is 0.317 e. The number of nitrogens with one attached hydrogen (secondary N) is 1. The van der Waals surface area contributed by atoms with Crippen LogP contribution in [0.15, 0.2) is 79.0 Å². The molecule has 1 heterocycles. The Bertz CT molecular complexity index is 866. The molecule has 0 aliphatic rings. The summed E-state index contributed by atoms with van der Waals surface area (Å²) in [4.78, 5) is 12.1. The van der Waals surface area contributed by atoms with Gasteiger partial charge in [-0.15, -0.1) is 0 Å². The van der Waals surface area contributed by atoms with E-state index in [1.807, 2.05) is 54.6 Å². The van der Waals surface area contributed by atoms with Gasteiger partial charge < -0.3 is 15.3 Å². The second-order valence-corrected chi connectivity index (χ2v) is 5.89. The van der Waals surface area contributed by atoms with E-state index in [9.17, 15) is 10.0 Å². The van der Waals surface area contributed by atoms with Gasteiger partial charge in [0, 0.05) is 18.7 Å². The summed E-state index contributed by atoms with van der Waals surface area (Å²) in [5.74, 6) is -0.397. The summed E-state index contributed by atoms with van der Waals surface area (Å²) in [5, 5.41) is 14.4. The normalized spacial score (nSPS) is 10.5. The number of benzene rings is 2. The van der Waals surface area contributed by atoms with Crippen LogP contribution in [0, 0.1) is 5.21 Å². The van der Waals surface area contributed by atoms with Gasteiger partial charge in [0.05, 0.1) is 13.2 Å². The second-order valence-electron chi connectivity index (χ2n) is 5.89. The molecule has 0 aliphatic carbocycles. The predicted octanol–water partition coefficient (Wildman–Crippen LogP) is 2.97. The molecule has 0 saturated carbocycles. The molecular formula is C21H20N2O3. The molecule has 0 saturated heterocycles. The van der Waals surface area contributed by atoms with Crippen molar-refractivity contribution in [2.45, 2.75) is 19.8 Å². The van der Waals surface area contributed by atoms with Gasteiger partial charge in [-0.25, -0.2) is 0 Å². The molecule has 5 nitrogen and oxygen atoms in total. The zero-order valence-electron chi connectivity index (χ0n) is 14.3. The van der Waals surface area contributed by atoms with Crippen molar-refractivity contribution in [3.63, 3.8) is 0 Å². The Morgan fingerprint density at radius 1 is 0.885 bits per heavy atom. The maximum absolute atomic E-state index is 12.1. The number of pyridine rings is 1. The molecule has 132 valence electrons. The van der Waals surface area contributed by atoms with Crippen LogP contribution in [0.25, 0.3) is 0 Å². The third kappa shape index (κ3) is 4.91. The molecule has 3 aromatic rings. The third-order valence-electron chi connectivity index (χ3n) is 3.88. The third-order valence-corrected chi connectivity index (χ3v) is 3.88. The highest BCUT2D eigenvalue weighted by Gasteiger charge is 2.14. The van der Waals surface area contributed by atoms with E-state index in [0.29, 0.717) is 24.5 Å². The highest BCUT2D eigenvalue weighted by molar-refractivity contribution is 5.90. The number of nitrogens with zero attached hydrogens (tertiary/aromatic N) is 1. The number of carbonyl (C=O) groups excluding carboxylic acids is 1. The fourth-order valence-corrected chi connectivity index (χ4v) is 2.57. The van der Waals surface area contributed by atoms with E-state index >= 15 is 0 Å². The largest absolute Gasteiger partial charge is 0.618 e. The molecule has 0 atom stereocenters. The van der Waals surface area contributed by atoms with Crippen LogP contribution in [-0.2, 0) is 24.5 Å². The first kappa shape index (κ1) is 17.6. The van der Waals surface area contributed by atoms with E-state index in [1.54, 1.807) is 12.1 Å². The van der Waals surface area contributed by atoms with Crippen molar-refractivity contribution in [3.05, 3.63) is 107 Å². The Morgan fingerprint density at radius 2 is 1.58 bits per heavy atom. The molecule has 0 spiro atoms. The Hall–Kier alpha value is -3.18. The molecule has 26 heavy (non-hydrogen) atoms. The first-order valence-electron chi connectivity index (χ1n) is 8.38. The zero-order valence-corrected chi connectivity index (χ0v) is 14.3. The van der Waals surface area contributed by atoms with Crippen LogP contribution < -0.4 is 10.0 Å². The fraction of sp³-hybridized carbons (Fsp3) is 0.143. The number of ether oxygens (including phenoxy) is 1. The Morgan fingerprint density at radius 3 is 2.38 bits per heavy atom. The van der Waals surface area contributed by atoms with E-state index in [-0.39, 0.29) is 5.69 Å². The van der Waals surface area contributed by atoms with Gasteiger partial charge in [0.1, 0.15) is 0 Å². The van der Waals surface area contributed by atoms with Gasteiger partial charge in [0.15, 0.2) is 6.20 Å². The molecule has 2 aromatic carbocycles. The first-order valence-corrected chi connectivity index (χ1v) is 8.38. The molecule has 5 heteroatoms. The van der Waals surface area contributed by atoms with Crippen LogP contribution in [0.2, 0.25) is 0 Å².